The van der Waals surface area contributed by atoms with Crippen molar-refractivity contribution in [3.05, 3.63) is 60.2 Å². The molecule has 116 valence electrons. The first-order valence-corrected chi connectivity index (χ1v) is 7.11. The summed E-state index contributed by atoms with van der Waals surface area (Å²) in [5, 5.41) is 15.4. The molecule has 0 fully saturated rings. The highest BCUT2D eigenvalue weighted by Crippen LogP contribution is 2.16. The van der Waals surface area contributed by atoms with Gasteiger partial charge in [0.1, 0.15) is 5.75 Å². The summed E-state index contributed by atoms with van der Waals surface area (Å²) in [6.45, 7) is 0.387. The SMILES string of the molecule is COc1ccc(NC(=O)NCCC(O)c2ccccc2)cc1. The summed E-state index contributed by atoms with van der Waals surface area (Å²) in [4.78, 5) is 11.7. The van der Waals surface area contributed by atoms with Crippen LogP contribution in [0, 0.1) is 0 Å². The van der Waals surface area contributed by atoms with Crippen LogP contribution >= 0.6 is 0 Å². The van der Waals surface area contributed by atoms with Crippen molar-refractivity contribution in [2.45, 2.75) is 12.5 Å². The highest BCUT2D eigenvalue weighted by Gasteiger charge is 2.07. The fourth-order valence-electron chi connectivity index (χ4n) is 2.01. The van der Waals surface area contributed by atoms with E-state index in [-0.39, 0.29) is 6.03 Å². The number of aliphatic hydroxyl groups is 1. The average Bonchev–Trinajstić information content (AvgIpc) is 2.56. The summed E-state index contributed by atoms with van der Waals surface area (Å²) in [5.74, 6) is 0.733. The van der Waals surface area contributed by atoms with Crippen LogP contribution in [-0.4, -0.2) is 24.8 Å². The van der Waals surface area contributed by atoms with Gasteiger partial charge in [0.2, 0.25) is 0 Å². The molecular weight excluding hydrogens is 280 g/mol. The Morgan fingerprint density at radius 2 is 1.82 bits per heavy atom. The number of amides is 2. The molecule has 5 heteroatoms. The third-order valence-electron chi connectivity index (χ3n) is 3.24. The van der Waals surface area contributed by atoms with Crippen LogP contribution < -0.4 is 15.4 Å². The summed E-state index contributed by atoms with van der Waals surface area (Å²) >= 11 is 0. The topological polar surface area (TPSA) is 70.6 Å². The molecule has 0 saturated heterocycles. The van der Waals surface area contributed by atoms with Crippen molar-refractivity contribution in [3.8, 4) is 5.75 Å². The molecule has 0 aliphatic heterocycles. The summed E-state index contributed by atoms with van der Waals surface area (Å²) < 4.78 is 5.05. The van der Waals surface area contributed by atoms with Crippen LogP contribution in [0.3, 0.4) is 0 Å². The van der Waals surface area contributed by atoms with Gasteiger partial charge in [-0.05, 0) is 36.2 Å². The van der Waals surface area contributed by atoms with E-state index in [2.05, 4.69) is 10.6 Å². The Kier molecular flexibility index (Phi) is 5.80. The Morgan fingerprint density at radius 1 is 1.14 bits per heavy atom. The lowest BCUT2D eigenvalue weighted by Crippen LogP contribution is -2.30. The minimum atomic E-state index is -0.581. The van der Waals surface area contributed by atoms with E-state index in [1.807, 2.05) is 30.3 Å². The quantitative estimate of drug-likeness (QED) is 0.768. The number of nitrogens with one attached hydrogen (secondary N) is 2. The fourth-order valence-corrected chi connectivity index (χ4v) is 2.01. The van der Waals surface area contributed by atoms with Crippen molar-refractivity contribution in [1.82, 2.24) is 5.32 Å². The predicted molar refractivity (Wildman–Crippen MR) is 86.0 cm³/mol. The molecule has 0 saturated carbocycles. The Labute approximate surface area is 129 Å². The van der Waals surface area contributed by atoms with Gasteiger partial charge in [-0.15, -0.1) is 0 Å². The monoisotopic (exact) mass is 300 g/mol. The third-order valence-corrected chi connectivity index (χ3v) is 3.24. The van der Waals surface area contributed by atoms with Crippen LogP contribution in [0.4, 0.5) is 10.5 Å². The van der Waals surface area contributed by atoms with E-state index in [0.717, 1.165) is 11.3 Å². The van der Waals surface area contributed by atoms with E-state index in [1.54, 1.807) is 31.4 Å². The second-order valence-corrected chi connectivity index (χ2v) is 4.82. The number of carbonyl (C=O) groups is 1. The van der Waals surface area contributed by atoms with Crippen LogP contribution in [0.25, 0.3) is 0 Å². The van der Waals surface area contributed by atoms with Gasteiger partial charge >= 0.3 is 6.03 Å². The lowest BCUT2D eigenvalue weighted by Gasteiger charge is -2.12. The summed E-state index contributed by atoms with van der Waals surface area (Å²) in [7, 11) is 1.59. The zero-order chi connectivity index (χ0) is 15.8. The van der Waals surface area contributed by atoms with Gasteiger partial charge in [-0.3, -0.25) is 0 Å². The molecule has 0 spiro atoms. The number of hydrogen-bond donors (Lipinski definition) is 3. The number of rotatable bonds is 6. The van der Waals surface area contributed by atoms with E-state index in [9.17, 15) is 9.90 Å². The standard InChI is InChI=1S/C17H20N2O3/c1-22-15-9-7-14(8-10-15)19-17(21)18-12-11-16(20)13-5-3-2-4-6-13/h2-10,16,20H,11-12H2,1H3,(H2,18,19,21). The molecule has 0 bridgehead atoms. The minimum Gasteiger partial charge on any atom is -0.497 e. The average molecular weight is 300 g/mol. The lowest BCUT2D eigenvalue weighted by molar-refractivity contribution is 0.167. The highest BCUT2D eigenvalue weighted by atomic mass is 16.5. The van der Waals surface area contributed by atoms with Crippen molar-refractivity contribution in [3.63, 3.8) is 0 Å². The molecule has 5 nitrogen and oxygen atoms in total. The first-order valence-electron chi connectivity index (χ1n) is 7.11. The van der Waals surface area contributed by atoms with E-state index in [0.29, 0.717) is 18.7 Å². The van der Waals surface area contributed by atoms with Crippen LogP contribution in [0.15, 0.2) is 54.6 Å². The summed E-state index contributed by atoms with van der Waals surface area (Å²) in [6, 6.07) is 16.1. The minimum absolute atomic E-state index is 0.301. The number of carbonyl (C=O) groups excluding carboxylic acids is 1. The molecular formula is C17H20N2O3. The van der Waals surface area contributed by atoms with Gasteiger partial charge < -0.3 is 20.5 Å². The van der Waals surface area contributed by atoms with Crippen LogP contribution in [0.1, 0.15) is 18.1 Å². The number of aliphatic hydroxyl groups excluding tert-OH is 1. The largest absolute Gasteiger partial charge is 0.497 e. The maximum absolute atomic E-state index is 11.7. The Bertz CT molecular complexity index is 585. The number of hydrogen-bond acceptors (Lipinski definition) is 3. The van der Waals surface area contributed by atoms with Crippen molar-refractivity contribution in [2.24, 2.45) is 0 Å². The first-order chi connectivity index (χ1) is 10.7. The summed E-state index contributed by atoms with van der Waals surface area (Å²) in [5.41, 5.74) is 1.53. The van der Waals surface area contributed by atoms with Gasteiger partial charge in [-0.2, -0.15) is 0 Å². The number of methoxy groups -OCH3 is 1. The number of benzene rings is 2. The second-order valence-electron chi connectivity index (χ2n) is 4.82. The molecule has 0 heterocycles. The van der Waals surface area contributed by atoms with Crippen molar-refractivity contribution < 1.29 is 14.6 Å². The van der Waals surface area contributed by atoms with Gasteiger partial charge in [-0.1, -0.05) is 30.3 Å². The van der Waals surface area contributed by atoms with Crippen LogP contribution in [-0.2, 0) is 0 Å². The zero-order valence-electron chi connectivity index (χ0n) is 12.5. The summed E-state index contributed by atoms with van der Waals surface area (Å²) in [6.07, 6.45) is -0.123. The van der Waals surface area contributed by atoms with Crippen molar-refractivity contribution in [1.29, 1.82) is 0 Å². The van der Waals surface area contributed by atoms with Crippen molar-refractivity contribution >= 4 is 11.7 Å². The Morgan fingerprint density at radius 3 is 2.45 bits per heavy atom. The van der Waals surface area contributed by atoms with Crippen LogP contribution in [0.2, 0.25) is 0 Å². The van der Waals surface area contributed by atoms with E-state index in [4.69, 9.17) is 4.74 Å². The van der Waals surface area contributed by atoms with Crippen molar-refractivity contribution in [2.75, 3.05) is 19.0 Å². The third kappa shape index (κ3) is 4.79. The molecule has 0 aliphatic rings. The second kappa shape index (κ2) is 8.05. The van der Waals surface area contributed by atoms with Gasteiger partial charge in [0, 0.05) is 12.2 Å². The Balaban J connectivity index is 1.73. The number of urea groups is 1. The first kappa shape index (κ1) is 15.9. The van der Waals surface area contributed by atoms with Gasteiger partial charge in [0.15, 0.2) is 0 Å². The molecule has 0 radical (unpaired) electrons. The maximum atomic E-state index is 11.7. The van der Waals surface area contributed by atoms with Gasteiger partial charge in [0.25, 0.3) is 0 Å². The normalized spacial score (nSPS) is 11.5. The zero-order valence-corrected chi connectivity index (χ0v) is 12.5. The Hall–Kier alpha value is -2.53. The van der Waals surface area contributed by atoms with E-state index in [1.165, 1.54) is 0 Å². The molecule has 22 heavy (non-hydrogen) atoms. The molecule has 1 atom stereocenters. The molecule has 0 aliphatic carbocycles. The number of ether oxygens (including phenoxy) is 1. The predicted octanol–water partition coefficient (Wildman–Crippen LogP) is 2.94. The molecule has 1 unspecified atom stereocenters. The van der Waals surface area contributed by atoms with Gasteiger partial charge in [0.05, 0.1) is 13.2 Å². The van der Waals surface area contributed by atoms with E-state index >= 15 is 0 Å². The molecule has 0 aromatic heterocycles. The number of anilines is 1. The molecule has 2 aromatic carbocycles. The van der Waals surface area contributed by atoms with Gasteiger partial charge in [-0.25, -0.2) is 4.79 Å². The lowest BCUT2D eigenvalue weighted by atomic mass is 10.1. The van der Waals surface area contributed by atoms with Crippen LogP contribution in [0.5, 0.6) is 5.75 Å². The molecule has 2 rings (SSSR count). The smallest absolute Gasteiger partial charge is 0.319 e. The molecule has 2 amide bonds. The highest BCUT2D eigenvalue weighted by molar-refractivity contribution is 5.89. The molecule has 3 N–H and O–H groups in total. The van der Waals surface area contributed by atoms with E-state index < -0.39 is 6.10 Å². The fraction of sp³-hybridized carbons (Fsp3) is 0.235. The maximum Gasteiger partial charge on any atom is 0.319 e. The molecule has 2 aromatic rings.